The predicted octanol–water partition coefficient (Wildman–Crippen LogP) is 6.41. The molecule has 176 valence electrons. The van der Waals surface area contributed by atoms with Gasteiger partial charge in [0.25, 0.3) is 0 Å². The summed E-state index contributed by atoms with van der Waals surface area (Å²) in [4.78, 5) is 0. The molecule has 0 saturated heterocycles. The number of aliphatic hydroxyl groups is 1. The zero-order valence-electron chi connectivity index (χ0n) is 19.9. The van der Waals surface area contributed by atoms with Crippen LogP contribution in [0.3, 0.4) is 0 Å². The monoisotopic (exact) mass is 465 g/mol. The van der Waals surface area contributed by atoms with Gasteiger partial charge in [0, 0.05) is 11.1 Å². The topological polar surface area (TPSA) is 52.9 Å². The lowest BCUT2D eigenvalue weighted by molar-refractivity contribution is 0.214. The Balaban J connectivity index is 1.61. The van der Waals surface area contributed by atoms with E-state index in [1.54, 1.807) is 21.3 Å². The summed E-state index contributed by atoms with van der Waals surface area (Å²) in [6.45, 7) is 0. The highest BCUT2D eigenvalue weighted by Gasteiger charge is 2.20. The lowest BCUT2D eigenvalue weighted by Gasteiger charge is -2.18. The minimum Gasteiger partial charge on any atom is -0.493 e. The van der Waals surface area contributed by atoms with E-state index in [2.05, 4.69) is 34.9 Å². The summed E-state index contributed by atoms with van der Waals surface area (Å²) < 4.78 is 18.6. The van der Waals surface area contributed by atoms with E-state index < -0.39 is 6.10 Å². The maximum atomic E-state index is 11.6. The molecular formula is C30H27NO4. The van der Waals surface area contributed by atoms with Crippen molar-refractivity contribution >= 4 is 10.9 Å². The number of benzene rings is 4. The zero-order valence-corrected chi connectivity index (χ0v) is 19.9. The van der Waals surface area contributed by atoms with E-state index in [-0.39, 0.29) is 0 Å². The molecule has 0 bridgehead atoms. The number of hydrogen-bond donors (Lipinski definition) is 1. The van der Waals surface area contributed by atoms with Crippen LogP contribution in [0.4, 0.5) is 0 Å². The van der Waals surface area contributed by atoms with Crippen molar-refractivity contribution in [2.45, 2.75) is 6.10 Å². The second kappa shape index (κ2) is 9.57. The largest absolute Gasteiger partial charge is 0.493 e. The fourth-order valence-corrected chi connectivity index (χ4v) is 4.55. The number of nitrogens with zero attached hydrogens (tertiary/aromatic N) is 1. The number of rotatable bonds is 7. The number of fused-ring (bicyclic) bond motifs is 1. The number of aromatic nitrogens is 1. The second-order valence-corrected chi connectivity index (χ2v) is 8.24. The van der Waals surface area contributed by atoms with E-state index >= 15 is 0 Å². The van der Waals surface area contributed by atoms with Gasteiger partial charge in [0.1, 0.15) is 6.10 Å². The molecule has 5 aromatic rings. The van der Waals surface area contributed by atoms with Gasteiger partial charge in [-0.3, -0.25) is 0 Å². The van der Waals surface area contributed by atoms with Crippen LogP contribution in [0.5, 0.6) is 17.2 Å². The molecule has 5 heteroatoms. The number of ether oxygens (including phenoxy) is 3. The highest BCUT2D eigenvalue weighted by molar-refractivity contribution is 5.83. The molecular weight excluding hydrogens is 438 g/mol. The summed E-state index contributed by atoms with van der Waals surface area (Å²) in [5, 5.41) is 12.7. The van der Waals surface area contributed by atoms with Gasteiger partial charge in [-0.1, -0.05) is 54.6 Å². The van der Waals surface area contributed by atoms with E-state index in [0.29, 0.717) is 17.2 Å². The Labute approximate surface area is 204 Å². The Morgan fingerprint density at radius 3 is 2.03 bits per heavy atom. The molecule has 0 spiro atoms. The molecule has 0 saturated carbocycles. The molecule has 0 radical (unpaired) electrons. The van der Waals surface area contributed by atoms with Gasteiger partial charge in [-0.15, -0.1) is 0 Å². The first kappa shape index (κ1) is 22.6. The smallest absolute Gasteiger partial charge is 0.203 e. The summed E-state index contributed by atoms with van der Waals surface area (Å²) in [7, 11) is 4.79. The number of hydrogen-bond acceptors (Lipinski definition) is 4. The molecule has 1 atom stereocenters. The third-order valence-electron chi connectivity index (χ3n) is 6.23. The van der Waals surface area contributed by atoms with Crippen LogP contribution in [0.2, 0.25) is 0 Å². The highest BCUT2D eigenvalue weighted by atomic mass is 16.5. The maximum Gasteiger partial charge on any atom is 0.203 e. The van der Waals surface area contributed by atoms with Gasteiger partial charge < -0.3 is 23.9 Å². The molecule has 0 aliphatic heterocycles. The van der Waals surface area contributed by atoms with Gasteiger partial charge >= 0.3 is 0 Å². The minimum absolute atomic E-state index is 0.544. The third-order valence-corrected chi connectivity index (χ3v) is 6.23. The Morgan fingerprint density at radius 1 is 0.657 bits per heavy atom. The molecule has 1 aromatic heterocycles. The number of methoxy groups -OCH3 is 3. The standard InChI is InChI=1S/C30H27NO4/c1-33-27-18-23(19-28(34-2)30(27)35-3)20-11-9-12-22(16-20)29(32)26-17-21-10-7-8-15-25(21)31(26)24-13-5-4-6-14-24/h4-19,29,32H,1-3H3. The molecule has 5 rings (SSSR count). The van der Waals surface area contributed by atoms with Crippen LogP contribution in [0, 0.1) is 0 Å². The van der Waals surface area contributed by atoms with Crippen molar-refractivity contribution in [3.8, 4) is 34.1 Å². The third kappa shape index (κ3) is 4.11. The predicted molar refractivity (Wildman–Crippen MR) is 139 cm³/mol. The first-order chi connectivity index (χ1) is 17.1. The van der Waals surface area contributed by atoms with Crippen molar-refractivity contribution in [2.75, 3.05) is 21.3 Å². The molecule has 0 fully saturated rings. The SMILES string of the molecule is COc1cc(-c2cccc(C(O)c3cc4ccccc4n3-c3ccccc3)c2)cc(OC)c1OC. The van der Waals surface area contributed by atoms with Crippen molar-refractivity contribution in [1.82, 2.24) is 4.57 Å². The fraction of sp³-hybridized carbons (Fsp3) is 0.133. The Bertz CT molecular complexity index is 1450. The average molecular weight is 466 g/mol. The molecule has 4 aromatic carbocycles. The first-order valence-corrected chi connectivity index (χ1v) is 11.4. The van der Waals surface area contributed by atoms with E-state index in [0.717, 1.165) is 39.0 Å². The normalized spacial score (nSPS) is 11.9. The Kier molecular flexibility index (Phi) is 6.17. The summed E-state index contributed by atoms with van der Waals surface area (Å²) in [5.41, 5.74) is 5.48. The summed E-state index contributed by atoms with van der Waals surface area (Å²) in [6, 6.07) is 32.0. The van der Waals surface area contributed by atoms with Gasteiger partial charge in [-0.2, -0.15) is 0 Å². The van der Waals surface area contributed by atoms with Gasteiger partial charge in [-0.05, 0) is 59.2 Å². The molecule has 1 unspecified atom stereocenters. The van der Waals surface area contributed by atoms with Crippen LogP contribution in [0.15, 0.2) is 97.1 Å². The highest BCUT2D eigenvalue weighted by Crippen LogP contribution is 2.42. The molecule has 0 amide bonds. The van der Waals surface area contributed by atoms with Gasteiger partial charge in [0.15, 0.2) is 11.5 Å². The van der Waals surface area contributed by atoms with Crippen LogP contribution in [-0.2, 0) is 0 Å². The van der Waals surface area contributed by atoms with Crippen molar-refractivity contribution in [3.05, 3.63) is 108 Å². The van der Waals surface area contributed by atoms with Crippen LogP contribution < -0.4 is 14.2 Å². The molecule has 1 N–H and O–H groups in total. The molecule has 1 heterocycles. The van der Waals surface area contributed by atoms with E-state index in [1.807, 2.05) is 66.7 Å². The van der Waals surface area contributed by atoms with Gasteiger partial charge in [0.2, 0.25) is 5.75 Å². The maximum absolute atomic E-state index is 11.6. The van der Waals surface area contributed by atoms with Gasteiger partial charge in [-0.25, -0.2) is 0 Å². The molecule has 0 aliphatic rings. The second-order valence-electron chi connectivity index (χ2n) is 8.24. The van der Waals surface area contributed by atoms with E-state index in [4.69, 9.17) is 14.2 Å². The van der Waals surface area contributed by atoms with Crippen LogP contribution in [0.1, 0.15) is 17.4 Å². The van der Waals surface area contributed by atoms with Crippen molar-refractivity contribution in [2.24, 2.45) is 0 Å². The van der Waals surface area contributed by atoms with Crippen LogP contribution >= 0.6 is 0 Å². The fourth-order valence-electron chi connectivity index (χ4n) is 4.55. The average Bonchev–Trinajstić information content (AvgIpc) is 3.32. The number of para-hydroxylation sites is 2. The van der Waals surface area contributed by atoms with Gasteiger partial charge in [0.05, 0.1) is 32.5 Å². The van der Waals surface area contributed by atoms with E-state index in [1.165, 1.54) is 0 Å². The lowest BCUT2D eigenvalue weighted by atomic mass is 9.98. The zero-order chi connectivity index (χ0) is 24.4. The lowest BCUT2D eigenvalue weighted by Crippen LogP contribution is -2.07. The Morgan fingerprint density at radius 2 is 1.34 bits per heavy atom. The summed E-state index contributed by atoms with van der Waals surface area (Å²) in [6.07, 6.45) is -0.829. The van der Waals surface area contributed by atoms with Crippen LogP contribution in [0.25, 0.3) is 27.7 Å². The molecule has 5 nitrogen and oxygen atoms in total. The number of aliphatic hydroxyl groups excluding tert-OH is 1. The summed E-state index contributed by atoms with van der Waals surface area (Å²) in [5.74, 6) is 1.70. The molecule has 0 aliphatic carbocycles. The van der Waals surface area contributed by atoms with Crippen LogP contribution in [-0.4, -0.2) is 31.0 Å². The quantitative estimate of drug-likeness (QED) is 0.302. The van der Waals surface area contributed by atoms with E-state index in [9.17, 15) is 5.11 Å². The minimum atomic E-state index is -0.829. The van der Waals surface area contributed by atoms with Crippen molar-refractivity contribution < 1.29 is 19.3 Å². The first-order valence-electron chi connectivity index (χ1n) is 11.4. The molecule has 35 heavy (non-hydrogen) atoms. The summed E-state index contributed by atoms with van der Waals surface area (Å²) >= 11 is 0. The van der Waals surface area contributed by atoms with Crippen molar-refractivity contribution in [3.63, 3.8) is 0 Å². The van der Waals surface area contributed by atoms with Crippen molar-refractivity contribution in [1.29, 1.82) is 0 Å². The Hall–Kier alpha value is -4.22.